The Morgan fingerprint density at radius 3 is 2.56 bits per heavy atom. The Kier molecular flexibility index (Phi) is 2.65. The normalized spacial score (nSPS) is 10.5. The van der Waals surface area contributed by atoms with E-state index in [4.69, 9.17) is 0 Å². The molecule has 88 valence electrons. The summed E-state index contributed by atoms with van der Waals surface area (Å²) in [4.78, 5) is 11.9. The molecule has 0 aliphatic heterocycles. The molecule has 0 amide bonds. The van der Waals surface area contributed by atoms with Gasteiger partial charge in [-0.15, -0.1) is 0 Å². The number of aryl methyl sites for hydroxylation is 1. The zero-order valence-electron chi connectivity index (χ0n) is 10.1. The fourth-order valence-corrected chi connectivity index (χ4v) is 1.91. The van der Waals surface area contributed by atoms with E-state index in [-0.39, 0.29) is 0 Å². The largest absolute Gasteiger partial charge is 0.338 e. The molecule has 0 unspecified atom stereocenters. The molecule has 18 heavy (non-hydrogen) atoms. The number of benzene rings is 1. The van der Waals surface area contributed by atoms with Crippen molar-refractivity contribution < 1.29 is 0 Å². The van der Waals surface area contributed by atoms with E-state index in [1.807, 2.05) is 55.8 Å². The number of imidazole rings is 1. The number of H-pyrrole nitrogens is 1. The molecule has 3 nitrogen and oxygen atoms in total. The van der Waals surface area contributed by atoms with Crippen LogP contribution in [0.5, 0.6) is 0 Å². The lowest BCUT2D eigenvalue weighted by molar-refractivity contribution is 1.25. The summed E-state index contributed by atoms with van der Waals surface area (Å²) in [6.07, 6.45) is 5.53. The molecule has 0 aliphatic rings. The molecule has 3 rings (SSSR count). The van der Waals surface area contributed by atoms with Crippen LogP contribution in [0.25, 0.3) is 22.6 Å². The smallest absolute Gasteiger partial charge is 0.137 e. The van der Waals surface area contributed by atoms with Crippen molar-refractivity contribution in [2.24, 2.45) is 0 Å². The van der Waals surface area contributed by atoms with Crippen LogP contribution >= 0.6 is 0 Å². The Bertz CT molecular complexity index is 656. The van der Waals surface area contributed by atoms with Gasteiger partial charge in [0.05, 0.1) is 11.9 Å². The molecule has 0 saturated carbocycles. The van der Waals surface area contributed by atoms with Gasteiger partial charge in [0, 0.05) is 23.5 Å². The van der Waals surface area contributed by atoms with Crippen LogP contribution in [-0.4, -0.2) is 15.0 Å². The van der Waals surface area contributed by atoms with Crippen LogP contribution in [0, 0.1) is 6.92 Å². The number of hydrogen-bond donors (Lipinski definition) is 1. The third kappa shape index (κ3) is 2.02. The molecule has 2 heterocycles. The Morgan fingerprint density at radius 2 is 1.78 bits per heavy atom. The Hall–Kier alpha value is -2.42. The number of hydrogen-bond acceptors (Lipinski definition) is 2. The summed E-state index contributed by atoms with van der Waals surface area (Å²) in [5.41, 5.74) is 4.28. The molecule has 2 aromatic heterocycles. The molecule has 1 N–H and O–H groups in total. The minimum atomic E-state index is 0.882. The Balaban J connectivity index is 2.00. The number of rotatable bonds is 2. The van der Waals surface area contributed by atoms with Crippen molar-refractivity contribution in [1.29, 1.82) is 0 Å². The highest BCUT2D eigenvalue weighted by Gasteiger charge is 2.05. The SMILES string of the molecule is Cc1cncc(-c2cnc(-c3ccccc3)[nH]2)c1. The van der Waals surface area contributed by atoms with E-state index in [2.05, 4.69) is 21.0 Å². The first-order chi connectivity index (χ1) is 8.83. The highest BCUT2D eigenvalue weighted by molar-refractivity contribution is 5.63. The van der Waals surface area contributed by atoms with Crippen LogP contribution in [0.1, 0.15) is 5.56 Å². The molecular formula is C15H13N3. The number of nitrogens with one attached hydrogen (secondary N) is 1. The summed E-state index contributed by atoms with van der Waals surface area (Å²) < 4.78 is 0. The maximum absolute atomic E-state index is 4.41. The van der Waals surface area contributed by atoms with E-state index in [1.165, 1.54) is 0 Å². The zero-order chi connectivity index (χ0) is 12.4. The summed E-state index contributed by atoms with van der Waals surface area (Å²) in [5.74, 6) is 0.882. The Labute approximate surface area is 106 Å². The van der Waals surface area contributed by atoms with Gasteiger partial charge in [-0.05, 0) is 18.6 Å². The molecule has 1 aromatic carbocycles. The number of nitrogens with zero attached hydrogens (tertiary/aromatic N) is 2. The van der Waals surface area contributed by atoms with Crippen LogP contribution < -0.4 is 0 Å². The van der Waals surface area contributed by atoms with Gasteiger partial charge < -0.3 is 4.98 Å². The summed E-state index contributed by atoms with van der Waals surface area (Å²) in [6.45, 7) is 2.03. The third-order valence-corrected chi connectivity index (χ3v) is 2.81. The predicted octanol–water partition coefficient (Wildman–Crippen LogP) is 3.45. The van der Waals surface area contributed by atoms with Crippen molar-refractivity contribution in [3.8, 4) is 22.6 Å². The minimum Gasteiger partial charge on any atom is -0.338 e. The second-order valence-electron chi connectivity index (χ2n) is 4.26. The van der Waals surface area contributed by atoms with Crippen LogP contribution in [-0.2, 0) is 0 Å². The predicted molar refractivity (Wildman–Crippen MR) is 72.0 cm³/mol. The van der Waals surface area contributed by atoms with Crippen molar-refractivity contribution in [2.75, 3.05) is 0 Å². The molecule has 0 radical (unpaired) electrons. The van der Waals surface area contributed by atoms with E-state index >= 15 is 0 Å². The first-order valence-electron chi connectivity index (χ1n) is 5.85. The fourth-order valence-electron chi connectivity index (χ4n) is 1.91. The molecule has 0 atom stereocenters. The van der Waals surface area contributed by atoms with Crippen molar-refractivity contribution in [3.63, 3.8) is 0 Å². The van der Waals surface area contributed by atoms with E-state index in [0.29, 0.717) is 0 Å². The summed E-state index contributed by atoms with van der Waals surface area (Å²) in [7, 11) is 0. The molecule has 0 fully saturated rings. The average molecular weight is 235 g/mol. The van der Waals surface area contributed by atoms with Gasteiger partial charge in [-0.1, -0.05) is 30.3 Å². The zero-order valence-corrected chi connectivity index (χ0v) is 10.1. The van der Waals surface area contributed by atoms with Gasteiger partial charge in [-0.25, -0.2) is 4.98 Å². The summed E-state index contributed by atoms with van der Waals surface area (Å²) in [5, 5.41) is 0. The Morgan fingerprint density at radius 1 is 0.944 bits per heavy atom. The first kappa shape index (κ1) is 10.7. The van der Waals surface area contributed by atoms with Gasteiger partial charge in [0.2, 0.25) is 0 Å². The molecule has 0 bridgehead atoms. The molecule has 0 spiro atoms. The monoisotopic (exact) mass is 235 g/mol. The molecule has 3 aromatic rings. The van der Waals surface area contributed by atoms with Crippen molar-refractivity contribution in [2.45, 2.75) is 6.92 Å². The van der Waals surface area contributed by atoms with Gasteiger partial charge in [0.1, 0.15) is 5.82 Å². The molecular weight excluding hydrogens is 222 g/mol. The van der Waals surface area contributed by atoms with Crippen molar-refractivity contribution in [1.82, 2.24) is 15.0 Å². The highest BCUT2D eigenvalue weighted by atomic mass is 14.9. The number of aromatic amines is 1. The average Bonchev–Trinajstić information content (AvgIpc) is 2.89. The van der Waals surface area contributed by atoms with E-state index in [0.717, 1.165) is 28.2 Å². The molecule has 0 saturated heterocycles. The van der Waals surface area contributed by atoms with Gasteiger partial charge in [-0.3, -0.25) is 4.98 Å². The molecule has 0 aliphatic carbocycles. The minimum absolute atomic E-state index is 0.882. The standard InChI is InChI=1S/C15H13N3/c1-11-7-13(9-16-8-11)14-10-17-15(18-14)12-5-3-2-4-6-12/h2-10H,1H3,(H,17,18). The van der Waals surface area contributed by atoms with Gasteiger partial charge >= 0.3 is 0 Å². The quantitative estimate of drug-likeness (QED) is 0.739. The van der Waals surface area contributed by atoms with Crippen LogP contribution in [0.2, 0.25) is 0 Å². The molecule has 3 heteroatoms. The maximum Gasteiger partial charge on any atom is 0.137 e. The topological polar surface area (TPSA) is 41.6 Å². The lowest BCUT2D eigenvalue weighted by atomic mass is 10.2. The highest BCUT2D eigenvalue weighted by Crippen LogP contribution is 2.21. The summed E-state index contributed by atoms with van der Waals surface area (Å²) in [6, 6.07) is 12.2. The number of aromatic nitrogens is 3. The van der Waals surface area contributed by atoms with E-state index in [9.17, 15) is 0 Å². The second-order valence-corrected chi connectivity index (χ2v) is 4.26. The van der Waals surface area contributed by atoms with Crippen molar-refractivity contribution >= 4 is 0 Å². The van der Waals surface area contributed by atoms with Gasteiger partial charge in [-0.2, -0.15) is 0 Å². The third-order valence-electron chi connectivity index (χ3n) is 2.81. The first-order valence-corrected chi connectivity index (χ1v) is 5.85. The lowest BCUT2D eigenvalue weighted by Gasteiger charge is -1.98. The van der Waals surface area contributed by atoms with Gasteiger partial charge in [0.15, 0.2) is 0 Å². The van der Waals surface area contributed by atoms with Crippen LogP contribution in [0.15, 0.2) is 55.0 Å². The number of pyridine rings is 1. The van der Waals surface area contributed by atoms with E-state index < -0.39 is 0 Å². The summed E-state index contributed by atoms with van der Waals surface area (Å²) >= 11 is 0. The van der Waals surface area contributed by atoms with Gasteiger partial charge in [0.25, 0.3) is 0 Å². The lowest BCUT2D eigenvalue weighted by Crippen LogP contribution is -1.83. The second kappa shape index (κ2) is 4.45. The maximum atomic E-state index is 4.41. The van der Waals surface area contributed by atoms with Crippen LogP contribution in [0.4, 0.5) is 0 Å². The fraction of sp³-hybridized carbons (Fsp3) is 0.0667. The van der Waals surface area contributed by atoms with Crippen LogP contribution in [0.3, 0.4) is 0 Å². The van der Waals surface area contributed by atoms with E-state index in [1.54, 1.807) is 0 Å². The van der Waals surface area contributed by atoms with Crippen molar-refractivity contribution in [3.05, 3.63) is 60.6 Å².